The van der Waals surface area contributed by atoms with Gasteiger partial charge in [-0.1, -0.05) is 12.1 Å². The second-order valence-corrected chi connectivity index (χ2v) is 9.53. The highest BCUT2D eigenvalue weighted by molar-refractivity contribution is 5.87. The Morgan fingerprint density at radius 3 is 1.83 bits per heavy atom. The van der Waals surface area contributed by atoms with Crippen molar-refractivity contribution < 1.29 is 9.90 Å². The van der Waals surface area contributed by atoms with Gasteiger partial charge in [0.1, 0.15) is 0 Å². The molecule has 0 heterocycles. The van der Waals surface area contributed by atoms with Gasteiger partial charge in [-0.3, -0.25) is 4.90 Å². The number of benzene rings is 1. The Labute approximate surface area is 145 Å². The van der Waals surface area contributed by atoms with Crippen molar-refractivity contribution in [2.24, 2.45) is 17.8 Å². The minimum atomic E-state index is -0.884. The van der Waals surface area contributed by atoms with E-state index in [9.17, 15) is 9.90 Å². The second kappa shape index (κ2) is 5.24. The van der Waals surface area contributed by atoms with Gasteiger partial charge in [0, 0.05) is 11.2 Å². The fourth-order valence-corrected chi connectivity index (χ4v) is 6.21. The average molecular weight is 327 g/mol. The normalized spacial score (nSPS) is 34.4. The van der Waals surface area contributed by atoms with Gasteiger partial charge < -0.3 is 5.11 Å². The number of nitrogens with zero attached hydrogens (tertiary/aromatic N) is 1. The summed E-state index contributed by atoms with van der Waals surface area (Å²) in [4.78, 5) is 13.1. The molecule has 0 spiro atoms. The Balaban J connectivity index is 1.64. The topological polar surface area (TPSA) is 40.5 Å². The molecule has 0 unspecified atom stereocenters. The van der Waals surface area contributed by atoms with E-state index in [0.717, 1.165) is 23.4 Å². The SMILES string of the molecule is CC(C)(C)N(C(=O)O)c1ccc(C23CC4CC(CC(C4)C2)C3)cc1. The van der Waals surface area contributed by atoms with Gasteiger partial charge in [-0.2, -0.15) is 0 Å². The Morgan fingerprint density at radius 2 is 1.46 bits per heavy atom. The molecule has 0 aromatic heterocycles. The maximum atomic E-state index is 11.7. The van der Waals surface area contributed by atoms with Gasteiger partial charge >= 0.3 is 6.09 Å². The summed E-state index contributed by atoms with van der Waals surface area (Å²) < 4.78 is 0. The monoisotopic (exact) mass is 327 g/mol. The standard InChI is InChI=1S/C21H29NO2/c1-20(2,3)22(19(23)24)18-6-4-17(5-7-18)21-11-14-8-15(12-21)10-16(9-14)13-21/h4-7,14-16H,8-13H2,1-3H3,(H,23,24). The maximum absolute atomic E-state index is 11.7. The third-order valence-corrected chi connectivity index (χ3v) is 6.64. The fourth-order valence-electron chi connectivity index (χ4n) is 6.21. The van der Waals surface area contributed by atoms with Crippen LogP contribution in [0.5, 0.6) is 0 Å². The lowest BCUT2D eigenvalue weighted by molar-refractivity contribution is -0.00518. The third-order valence-electron chi connectivity index (χ3n) is 6.64. The van der Waals surface area contributed by atoms with Gasteiger partial charge in [0.15, 0.2) is 0 Å². The van der Waals surface area contributed by atoms with E-state index in [4.69, 9.17) is 0 Å². The number of carboxylic acid groups (broad SMARTS) is 1. The molecule has 3 nitrogen and oxygen atoms in total. The Bertz CT molecular complexity index is 606. The van der Waals surface area contributed by atoms with E-state index in [0.29, 0.717) is 5.41 Å². The van der Waals surface area contributed by atoms with Crippen molar-refractivity contribution in [3.05, 3.63) is 29.8 Å². The summed E-state index contributed by atoms with van der Waals surface area (Å²) in [6.45, 7) is 5.82. The molecule has 0 saturated heterocycles. The van der Waals surface area contributed by atoms with Crippen molar-refractivity contribution in [3.63, 3.8) is 0 Å². The first kappa shape index (κ1) is 16.0. The van der Waals surface area contributed by atoms with Crippen LogP contribution in [-0.4, -0.2) is 16.7 Å². The van der Waals surface area contributed by atoms with Crippen LogP contribution in [0.25, 0.3) is 0 Å². The molecule has 5 rings (SSSR count). The summed E-state index contributed by atoms with van der Waals surface area (Å²) in [5.74, 6) is 2.79. The van der Waals surface area contributed by atoms with Gasteiger partial charge in [0.05, 0.1) is 0 Å². The van der Waals surface area contributed by atoms with Crippen molar-refractivity contribution >= 4 is 11.8 Å². The molecule has 0 aliphatic heterocycles. The summed E-state index contributed by atoms with van der Waals surface area (Å²) in [6.07, 6.45) is 7.52. The van der Waals surface area contributed by atoms with Crippen molar-refractivity contribution in [1.29, 1.82) is 0 Å². The molecule has 1 N–H and O–H groups in total. The van der Waals surface area contributed by atoms with E-state index in [1.807, 2.05) is 32.9 Å². The number of hydrogen-bond donors (Lipinski definition) is 1. The summed E-state index contributed by atoms with van der Waals surface area (Å²) in [7, 11) is 0. The Hall–Kier alpha value is -1.51. The highest BCUT2D eigenvalue weighted by Crippen LogP contribution is 2.60. The predicted molar refractivity (Wildman–Crippen MR) is 96.5 cm³/mol. The zero-order valence-corrected chi connectivity index (χ0v) is 15.1. The van der Waals surface area contributed by atoms with E-state index in [2.05, 4.69) is 12.1 Å². The van der Waals surface area contributed by atoms with Crippen LogP contribution in [-0.2, 0) is 5.41 Å². The van der Waals surface area contributed by atoms with E-state index in [1.165, 1.54) is 49.0 Å². The van der Waals surface area contributed by atoms with Crippen LogP contribution in [0.1, 0.15) is 64.9 Å². The van der Waals surface area contributed by atoms with Crippen LogP contribution in [0.15, 0.2) is 24.3 Å². The highest BCUT2D eigenvalue weighted by Gasteiger charge is 2.51. The summed E-state index contributed by atoms with van der Waals surface area (Å²) >= 11 is 0. The van der Waals surface area contributed by atoms with E-state index < -0.39 is 11.6 Å². The van der Waals surface area contributed by atoms with E-state index in [-0.39, 0.29) is 0 Å². The molecule has 1 aromatic rings. The molecule has 130 valence electrons. The van der Waals surface area contributed by atoms with Gasteiger partial charge in [-0.05, 0) is 100 Å². The molecule has 0 atom stereocenters. The molecule has 24 heavy (non-hydrogen) atoms. The third kappa shape index (κ3) is 2.53. The largest absolute Gasteiger partial charge is 0.465 e. The predicted octanol–water partition coefficient (Wildman–Crippen LogP) is 5.44. The van der Waals surface area contributed by atoms with Crippen LogP contribution < -0.4 is 4.90 Å². The van der Waals surface area contributed by atoms with Crippen LogP contribution in [0, 0.1) is 17.8 Å². The molecule has 4 aliphatic rings. The lowest BCUT2D eigenvalue weighted by Gasteiger charge is -2.57. The number of carbonyl (C=O) groups is 1. The zero-order valence-electron chi connectivity index (χ0n) is 15.1. The first-order valence-corrected chi connectivity index (χ1v) is 9.40. The van der Waals surface area contributed by atoms with Crippen LogP contribution >= 0.6 is 0 Å². The number of hydrogen-bond acceptors (Lipinski definition) is 1. The molecule has 3 heteroatoms. The highest BCUT2D eigenvalue weighted by atomic mass is 16.4. The van der Waals surface area contributed by atoms with Crippen LogP contribution in [0.3, 0.4) is 0 Å². The zero-order chi connectivity index (χ0) is 17.1. The first-order valence-electron chi connectivity index (χ1n) is 9.40. The van der Waals surface area contributed by atoms with Crippen LogP contribution in [0.2, 0.25) is 0 Å². The molecule has 1 amide bonds. The molecular weight excluding hydrogens is 298 g/mol. The van der Waals surface area contributed by atoms with Gasteiger partial charge in [-0.15, -0.1) is 0 Å². The van der Waals surface area contributed by atoms with Gasteiger partial charge in [-0.25, -0.2) is 4.79 Å². The Morgan fingerprint density at radius 1 is 1.00 bits per heavy atom. The van der Waals surface area contributed by atoms with Crippen molar-refractivity contribution in [3.8, 4) is 0 Å². The summed E-state index contributed by atoms with van der Waals surface area (Å²) in [5, 5.41) is 9.59. The van der Waals surface area contributed by atoms with E-state index >= 15 is 0 Å². The van der Waals surface area contributed by atoms with Gasteiger partial charge in [0.25, 0.3) is 0 Å². The quantitative estimate of drug-likeness (QED) is 0.786. The molecule has 1 aromatic carbocycles. The number of amides is 1. The molecular formula is C21H29NO2. The molecule has 4 aliphatic carbocycles. The minimum Gasteiger partial charge on any atom is -0.465 e. The molecule has 0 radical (unpaired) electrons. The molecule has 4 bridgehead atoms. The van der Waals surface area contributed by atoms with Gasteiger partial charge in [0.2, 0.25) is 0 Å². The average Bonchev–Trinajstić information content (AvgIpc) is 2.44. The molecule has 4 fully saturated rings. The van der Waals surface area contributed by atoms with E-state index in [1.54, 1.807) is 0 Å². The first-order chi connectivity index (χ1) is 11.3. The number of rotatable bonds is 2. The molecule has 4 saturated carbocycles. The van der Waals surface area contributed by atoms with Crippen molar-refractivity contribution in [2.75, 3.05) is 4.90 Å². The summed E-state index contributed by atoms with van der Waals surface area (Å²) in [6, 6.07) is 8.47. The minimum absolute atomic E-state index is 0.378. The van der Waals surface area contributed by atoms with Crippen molar-refractivity contribution in [2.45, 2.75) is 70.3 Å². The summed E-state index contributed by atoms with van der Waals surface area (Å²) in [5.41, 5.74) is 2.17. The maximum Gasteiger partial charge on any atom is 0.412 e. The number of anilines is 1. The second-order valence-electron chi connectivity index (χ2n) is 9.53. The Kier molecular flexibility index (Phi) is 3.49. The lowest BCUT2D eigenvalue weighted by Crippen LogP contribution is -2.48. The smallest absolute Gasteiger partial charge is 0.412 e. The lowest BCUT2D eigenvalue weighted by atomic mass is 9.48. The van der Waals surface area contributed by atoms with Crippen LogP contribution in [0.4, 0.5) is 10.5 Å². The van der Waals surface area contributed by atoms with Crippen molar-refractivity contribution in [1.82, 2.24) is 0 Å². The fraction of sp³-hybridized carbons (Fsp3) is 0.667.